The number of nitrogens with one attached hydrogen (secondary N) is 3. The summed E-state index contributed by atoms with van der Waals surface area (Å²) >= 11 is 0. The summed E-state index contributed by atoms with van der Waals surface area (Å²) in [4.78, 5) is 59.4. The van der Waals surface area contributed by atoms with Crippen LogP contribution in [0.5, 0.6) is 0 Å². The summed E-state index contributed by atoms with van der Waals surface area (Å²) in [5.74, 6) is -0.875. The Morgan fingerprint density at radius 3 is 2.41 bits per heavy atom. The summed E-state index contributed by atoms with van der Waals surface area (Å²) in [5, 5.41) is 10.1. The fraction of sp³-hybridized carbons (Fsp3) is 0.441. The topological polar surface area (TPSA) is 167 Å². The van der Waals surface area contributed by atoms with E-state index in [9.17, 15) is 19.2 Å². The molecular formula is C34H43N7O5. The number of nitrogens with two attached hydrogens (primary N) is 1. The van der Waals surface area contributed by atoms with Crippen LogP contribution >= 0.6 is 0 Å². The SMILES string of the molecule is CCN(CC)CCNC(=O)c1c(C)[nH]c(/C=C2\C(=O)Nc3cc(N(C(=O)C4(C(N)=O)CC4)c4cc(C(C)(C)C)on4)ccc32)c1C. The highest BCUT2D eigenvalue weighted by Gasteiger charge is 2.58. The fourth-order valence-electron chi connectivity index (χ4n) is 5.81. The van der Waals surface area contributed by atoms with Crippen molar-refractivity contribution < 1.29 is 23.7 Å². The van der Waals surface area contributed by atoms with Gasteiger partial charge in [-0.15, -0.1) is 0 Å². The molecule has 0 spiro atoms. The van der Waals surface area contributed by atoms with Crippen LogP contribution in [0.15, 0.2) is 28.8 Å². The summed E-state index contributed by atoms with van der Waals surface area (Å²) in [6.45, 7) is 16.9. The second kappa shape index (κ2) is 12.2. The van der Waals surface area contributed by atoms with Crippen LogP contribution in [0.25, 0.3) is 11.6 Å². The van der Waals surface area contributed by atoms with E-state index in [1.165, 1.54) is 4.90 Å². The van der Waals surface area contributed by atoms with E-state index in [1.807, 2.05) is 34.6 Å². The molecule has 1 saturated carbocycles. The molecule has 0 bridgehead atoms. The summed E-state index contributed by atoms with van der Waals surface area (Å²) < 4.78 is 5.58. The number of likely N-dealkylation sites (N-methyl/N-ethyl adjacent to an activating group) is 1. The molecule has 3 heterocycles. The molecule has 0 unspecified atom stereocenters. The molecule has 2 aliphatic rings. The van der Waals surface area contributed by atoms with E-state index >= 15 is 0 Å². The number of nitrogens with zero attached hydrogens (tertiary/aromatic N) is 3. The van der Waals surface area contributed by atoms with E-state index in [4.69, 9.17) is 10.3 Å². The van der Waals surface area contributed by atoms with Gasteiger partial charge in [0.05, 0.1) is 22.5 Å². The molecule has 1 fully saturated rings. The number of rotatable bonds is 11. The first kappa shape index (κ1) is 32.7. The van der Waals surface area contributed by atoms with Crippen molar-refractivity contribution in [2.24, 2.45) is 11.1 Å². The summed E-state index contributed by atoms with van der Waals surface area (Å²) in [6, 6.07) is 6.81. The molecule has 0 atom stereocenters. The van der Waals surface area contributed by atoms with E-state index in [-0.39, 0.29) is 23.0 Å². The first-order chi connectivity index (χ1) is 21.7. The zero-order valence-electron chi connectivity index (χ0n) is 27.6. The minimum Gasteiger partial charge on any atom is -0.369 e. The fourth-order valence-corrected chi connectivity index (χ4v) is 5.81. The molecule has 12 heteroatoms. The molecule has 0 saturated heterocycles. The molecular weight excluding hydrogens is 586 g/mol. The van der Waals surface area contributed by atoms with Crippen molar-refractivity contribution in [3.8, 4) is 0 Å². The number of H-pyrrole nitrogens is 1. The van der Waals surface area contributed by atoms with Crippen molar-refractivity contribution in [2.75, 3.05) is 36.4 Å². The third kappa shape index (κ3) is 5.96. The number of aryl methyl sites for hydroxylation is 1. The predicted octanol–water partition coefficient (Wildman–Crippen LogP) is 4.41. The van der Waals surface area contributed by atoms with Crippen molar-refractivity contribution in [3.63, 3.8) is 0 Å². The maximum atomic E-state index is 13.9. The number of amides is 4. The van der Waals surface area contributed by atoms with Gasteiger partial charge in [0, 0.05) is 41.5 Å². The number of anilines is 3. The van der Waals surface area contributed by atoms with Crippen LogP contribution in [-0.2, 0) is 19.8 Å². The Bertz CT molecular complexity index is 1730. The number of hydrogen-bond acceptors (Lipinski definition) is 7. The summed E-state index contributed by atoms with van der Waals surface area (Å²) in [5.41, 5.74) is 8.57. The van der Waals surface area contributed by atoms with Gasteiger partial charge in [0.2, 0.25) is 11.8 Å². The van der Waals surface area contributed by atoms with Crippen LogP contribution in [0.2, 0.25) is 0 Å². The first-order valence-electron chi connectivity index (χ1n) is 15.7. The van der Waals surface area contributed by atoms with Crippen LogP contribution in [0.4, 0.5) is 17.2 Å². The van der Waals surface area contributed by atoms with Gasteiger partial charge in [0.15, 0.2) is 5.82 Å². The highest BCUT2D eigenvalue weighted by molar-refractivity contribution is 6.35. The number of carbonyl (C=O) groups excluding carboxylic acids is 4. The van der Waals surface area contributed by atoms with Crippen molar-refractivity contribution in [1.29, 1.82) is 0 Å². The maximum Gasteiger partial charge on any atom is 0.256 e. The number of aromatic amines is 1. The standard InChI is InChI=1S/C34H43N7O5/c1-8-40(9-2)15-14-36-30(43)28-19(3)24(37-20(28)4)17-23-22-11-10-21(16-25(22)38-29(23)42)41(32(45)34(12-13-34)31(35)44)27-18-26(46-39-27)33(5,6)7/h10-11,16-18,37H,8-9,12-15H2,1-7H3,(H2,35,44)(H,36,43)(H,38,42)/b23-17-. The summed E-state index contributed by atoms with van der Waals surface area (Å²) in [7, 11) is 0. The minimum absolute atomic E-state index is 0.166. The first-order valence-corrected chi connectivity index (χ1v) is 15.7. The van der Waals surface area contributed by atoms with E-state index in [2.05, 4.69) is 39.5 Å². The Morgan fingerprint density at radius 1 is 1.13 bits per heavy atom. The van der Waals surface area contributed by atoms with E-state index in [1.54, 1.807) is 30.3 Å². The van der Waals surface area contributed by atoms with Gasteiger partial charge in [-0.05, 0) is 69.6 Å². The molecule has 1 aliphatic carbocycles. The Morgan fingerprint density at radius 2 is 1.83 bits per heavy atom. The second-order valence-corrected chi connectivity index (χ2v) is 13.1. The monoisotopic (exact) mass is 629 g/mol. The molecule has 244 valence electrons. The number of primary amides is 1. The lowest BCUT2D eigenvalue weighted by molar-refractivity contribution is -0.133. The van der Waals surface area contributed by atoms with Crippen LogP contribution in [0.3, 0.4) is 0 Å². The van der Waals surface area contributed by atoms with Gasteiger partial charge in [-0.1, -0.05) is 39.8 Å². The molecule has 5 rings (SSSR count). The number of aromatic nitrogens is 2. The highest BCUT2D eigenvalue weighted by atomic mass is 16.5. The minimum atomic E-state index is -1.31. The molecule has 2 aromatic heterocycles. The quantitative estimate of drug-likeness (QED) is 0.180. The third-order valence-electron chi connectivity index (χ3n) is 8.94. The molecule has 1 aliphatic heterocycles. The molecule has 3 aromatic rings. The predicted molar refractivity (Wildman–Crippen MR) is 177 cm³/mol. The molecule has 5 N–H and O–H groups in total. The van der Waals surface area contributed by atoms with E-state index < -0.39 is 17.2 Å². The van der Waals surface area contributed by atoms with Gasteiger partial charge in [-0.25, -0.2) is 0 Å². The van der Waals surface area contributed by atoms with Gasteiger partial charge in [-0.2, -0.15) is 0 Å². The number of fused-ring (bicyclic) bond motifs is 1. The van der Waals surface area contributed by atoms with Gasteiger partial charge in [0.1, 0.15) is 11.2 Å². The van der Waals surface area contributed by atoms with Gasteiger partial charge >= 0.3 is 0 Å². The number of hydrogen-bond donors (Lipinski definition) is 4. The van der Waals surface area contributed by atoms with Gasteiger partial charge in [0.25, 0.3) is 11.8 Å². The van der Waals surface area contributed by atoms with Crippen LogP contribution < -0.4 is 21.3 Å². The number of carbonyl (C=O) groups is 4. The Balaban J connectivity index is 1.46. The molecule has 1 aromatic carbocycles. The molecule has 4 amide bonds. The van der Waals surface area contributed by atoms with Crippen molar-refractivity contribution in [2.45, 2.75) is 66.7 Å². The zero-order chi connectivity index (χ0) is 33.6. The van der Waals surface area contributed by atoms with Gasteiger partial charge in [-0.3, -0.25) is 24.1 Å². The smallest absolute Gasteiger partial charge is 0.256 e. The second-order valence-electron chi connectivity index (χ2n) is 13.1. The van der Waals surface area contributed by atoms with Gasteiger partial charge < -0.3 is 30.8 Å². The normalized spacial score (nSPS) is 16.0. The van der Waals surface area contributed by atoms with Crippen LogP contribution in [0.1, 0.15) is 86.1 Å². The lowest BCUT2D eigenvalue weighted by Crippen LogP contribution is -2.41. The summed E-state index contributed by atoms with van der Waals surface area (Å²) in [6.07, 6.45) is 2.43. The largest absolute Gasteiger partial charge is 0.369 e. The molecule has 12 nitrogen and oxygen atoms in total. The van der Waals surface area contributed by atoms with Crippen molar-refractivity contribution in [1.82, 2.24) is 20.4 Å². The average molecular weight is 630 g/mol. The Labute approximate surface area is 268 Å². The lowest BCUT2D eigenvalue weighted by Gasteiger charge is -2.24. The van der Waals surface area contributed by atoms with Crippen LogP contribution in [-0.4, -0.2) is 64.8 Å². The maximum absolute atomic E-state index is 13.9. The third-order valence-corrected chi connectivity index (χ3v) is 8.94. The van der Waals surface area contributed by atoms with Crippen molar-refractivity contribution >= 4 is 52.5 Å². The Kier molecular flexibility index (Phi) is 8.69. The zero-order valence-corrected chi connectivity index (χ0v) is 27.6. The Hall–Kier alpha value is -4.71. The molecule has 0 radical (unpaired) electrons. The van der Waals surface area contributed by atoms with E-state index in [0.717, 1.165) is 25.2 Å². The molecule has 46 heavy (non-hydrogen) atoms. The lowest BCUT2D eigenvalue weighted by atomic mass is 9.93. The average Bonchev–Trinajstić information content (AvgIpc) is 3.44. The van der Waals surface area contributed by atoms with Crippen molar-refractivity contribution in [3.05, 3.63) is 58.1 Å². The van der Waals surface area contributed by atoms with E-state index in [0.29, 0.717) is 64.6 Å². The van der Waals surface area contributed by atoms with Crippen LogP contribution in [0, 0.1) is 19.3 Å². The highest BCUT2D eigenvalue weighted by Crippen LogP contribution is 2.49. The number of benzene rings is 1.